The highest BCUT2D eigenvalue weighted by atomic mass is 16.2. The van der Waals surface area contributed by atoms with Crippen LogP contribution in [0.3, 0.4) is 0 Å². The van der Waals surface area contributed by atoms with E-state index in [1.54, 1.807) is 4.90 Å². The SMILES string of the molecule is Cc1ccc(N)c(N2CCCN(C)C(=O)C2)n1. The maximum absolute atomic E-state index is 11.8. The largest absolute Gasteiger partial charge is 0.396 e. The minimum absolute atomic E-state index is 0.116. The number of amides is 1. The summed E-state index contributed by atoms with van der Waals surface area (Å²) in [5.74, 6) is 0.846. The molecule has 0 bridgehead atoms. The lowest BCUT2D eigenvalue weighted by atomic mass is 10.3. The van der Waals surface area contributed by atoms with E-state index < -0.39 is 0 Å². The van der Waals surface area contributed by atoms with E-state index in [2.05, 4.69) is 4.98 Å². The molecule has 2 heterocycles. The lowest BCUT2D eigenvalue weighted by molar-refractivity contribution is -0.127. The van der Waals surface area contributed by atoms with Gasteiger partial charge in [0.05, 0.1) is 12.2 Å². The summed E-state index contributed by atoms with van der Waals surface area (Å²) >= 11 is 0. The second-order valence-corrected chi connectivity index (χ2v) is 4.46. The molecule has 17 heavy (non-hydrogen) atoms. The van der Waals surface area contributed by atoms with Gasteiger partial charge in [-0.05, 0) is 25.5 Å². The molecule has 2 N–H and O–H groups in total. The van der Waals surface area contributed by atoms with Crippen LogP contribution in [0.15, 0.2) is 12.1 Å². The Hall–Kier alpha value is -1.78. The molecule has 0 saturated carbocycles. The first kappa shape index (κ1) is 11.7. The Labute approximate surface area is 101 Å². The van der Waals surface area contributed by atoms with Crippen molar-refractivity contribution in [2.45, 2.75) is 13.3 Å². The molecule has 92 valence electrons. The molecule has 0 atom stereocenters. The van der Waals surface area contributed by atoms with E-state index in [9.17, 15) is 4.79 Å². The van der Waals surface area contributed by atoms with E-state index in [1.165, 1.54) is 0 Å². The maximum Gasteiger partial charge on any atom is 0.241 e. The number of carbonyl (C=O) groups is 1. The van der Waals surface area contributed by atoms with Gasteiger partial charge < -0.3 is 15.5 Å². The average Bonchev–Trinajstić information content (AvgIpc) is 2.45. The van der Waals surface area contributed by atoms with Crippen molar-refractivity contribution in [2.75, 3.05) is 37.3 Å². The van der Waals surface area contributed by atoms with E-state index >= 15 is 0 Å². The Kier molecular flexibility index (Phi) is 3.17. The molecule has 2 rings (SSSR count). The molecule has 5 nitrogen and oxygen atoms in total. The summed E-state index contributed by atoms with van der Waals surface area (Å²) in [6.07, 6.45) is 0.942. The third kappa shape index (κ3) is 2.49. The van der Waals surface area contributed by atoms with Gasteiger partial charge in [0.2, 0.25) is 5.91 Å². The third-order valence-corrected chi connectivity index (χ3v) is 3.02. The summed E-state index contributed by atoms with van der Waals surface area (Å²) in [6, 6.07) is 3.72. The van der Waals surface area contributed by atoms with Crippen LogP contribution in [0.2, 0.25) is 0 Å². The predicted molar refractivity (Wildman–Crippen MR) is 67.9 cm³/mol. The minimum atomic E-state index is 0.116. The number of nitrogens with two attached hydrogens (primary N) is 1. The lowest BCUT2D eigenvalue weighted by Crippen LogP contribution is -2.35. The summed E-state index contributed by atoms with van der Waals surface area (Å²) in [4.78, 5) is 20.0. The Morgan fingerprint density at radius 3 is 2.88 bits per heavy atom. The number of likely N-dealkylation sites (N-methyl/N-ethyl adjacent to an activating group) is 1. The Balaban J connectivity index is 2.26. The van der Waals surface area contributed by atoms with Crippen molar-refractivity contribution in [3.8, 4) is 0 Å². The van der Waals surface area contributed by atoms with Gasteiger partial charge in [0.1, 0.15) is 0 Å². The highest BCUT2D eigenvalue weighted by molar-refractivity contribution is 5.82. The molecule has 1 fully saturated rings. The van der Waals surface area contributed by atoms with Gasteiger partial charge >= 0.3 is 0 Å². The fourth-order valence-corrected chi connectivity index (χ4v) is 1.97. The molecule has 0 aliphatic carbocycles. The number of rotatable bonds is 1. The second kappa shape index (κ2) is 4.61. The van der Waals surface area contributed by atoms with Crippen molar-refractivity contribution in [1.29, 1.82) is 0 Å². The molecule has 0 spiro atoms. The first-order valence-corrected chi connectivity index (χ1v) is 5.80. The minimum Gasteiger partial charge on any atom is -0.396 e. The van der Waals surface area contributed by atoms with E-state index in [4.69, 9.17) is 5.73 Å². The summed E-state index contributed by atoms with van der Waals surface area (Å²) in [7, 11) is 1.83. The Morgan fingerprint density at radius 1 is 1.35 bits per heavy atom. The first-order valence-electron chi connectivity index (χ1n) is 5.80. The average molecular weight is 234 g/mol. The van der Waals surface area contributed by atoms with Crippen LogP contribution in [0.4, 0.5) is 11.5 Å². The molecule has 1 aromatic heterocycles. The number of hydrogen-bond donors (Lipinski definition) is 1. The Bertz CT molecular complexity index is 433. The van der Waals surface area contributed by atoms with Crippen LogP contribution < -0.4 is 10.6 Å². The lowest BCUT2D eigenvalue weighted by Gasteiger charge is -2.22. The van der Waals surface area contributed by atoms with Crippen molar-refractivity contribution in [1.82, 2.24) is 9.88 Å². The first-order chi connectivity index (χ1) is 8.08. The van der Waals surface area contributed by atoms with E-state index in [0.29, 0.717) is 12.2 Å². The maximum atomic E-state index is 11.8. The smallest absolute Gasteiger partial charge is 0.241 e. The predicted octanol–water partition coefficient (Wildman–Crippen LogP) is 0.641. The van der Waals surface area contributed by atoms with E-state index in [1.807, 2.05) is 31.0 Å². The van der Waals surface area contributed by atoms with Crippen LogP contribution in [0.25, 0.3) is 0 Å². The molecular weight excluding hydrogens is 216 g/mol. The topological polar surface area (TPSA) is 62.5 Å². The molecule has 0 radical (unpaired) electrons. The summed E-state index contributed by atoms with van der Waals surface area (Å²) < 4.78 is 0. The van der Waals surface area contributed by atoms with Crippen molar-refractivity contribution in [3.63, 3.8) is 0 Å². The van der Waals surface area contributed by atoms with Gasteiger partial charge in [-0.15, -0.1) is 0 Å². The van der Waals surface area contributed by atoms with Gasteiger partial charge in [-0.25, -0.2) is 4.98 Å². The highest BCUT2D eigenvalue weighted by Crippen LogP contribution is 2.22. The van der Waals surface area contributed by atoms with Crippen molar-refractivity contribution >= 4 is 17.4 Å². The van der Waals surface area contributed by atoms with Gasteiger partial charge in [0.25, 0.3) is 0 Å². The van der Waals surface area contributed by atoms with Crippen molar-refractivity contribution < 1.29 is 4.79 Å². The molecule has 5 heteroatoms. The molecular formula is C12H18N4O. The zero-order chi connectivity index (χ0) is 12.4. The van der Waals surface area contributed by atoms with Gasteiger partial charge in [0.15, 0.2) is 5.82 Å². The molecule has 1 aromatic rings. The number of aromatic nitrogens is 1. The summed E-state index contributed by atoms with van der Waals surface area (Å²) in [6.45, 7) is 3.89. The van der Waals surface area contributed by atoms with Crippen molar-refractivity contribution in [3.05, 3.63) is 17.8 Å². The fourth-order valence-electron chi connectivity index (χ4n) is 1.97. The zero-order valence-electron chi connectivity index (χ0n) is 10.3. The third-order valence-electron chi connectivity index (χ3n) is 3.02. The number of pyridine rings is 1. The van der Waals surface area contributed by atoms with Gasteiger partial charge in [-0.2, -0.15) is 0 Å². The number of hydrogen-bond acceptors (Lipinski definition) is 4. The molecule has 1 saturated heterocycles. The van der Waals surface area contributed by atoms with Crippen LogP contribution in [0.5, 0.6) is 0 Å². The van der Waals surface area contributed by atoms with Crippen LogP contribution in [-0.4, -0.2) is 42.5 Å². The number of nitrogens with zero attached hydrogens (tertiary/aromatic N) is 3. The summed E-state index contributed by atoms with van der Waals surface area (Å²) in [5, 5.41) is 0. The molecule has 1 amide bonds. The van der Waals surface area contributed by atoms with Gasteiger partial charge in [0, 0.05) is 25.8 Å². The number of nitrogen functional groups attached to an aromatic ring is 1. The molecule has 1 aliphatic rings. The molecule has 0 aromatic carbocycles. The summed E-state index contributed by atoms with van der Waals surface area (Å²) in [5.41, 5.74) is 7.47. The Morgan fingerprint density at radius 2 is 2.12 bits per heavy atom. The van der Waals surface area contributed by atoms with Gasteiger partial charge in [-0.3, -0.25) is 4.79 Å². The van der Waals surface area contributed by atoms with E-state index in [-0.39, 0.29) is 5.91 Å². The highest BCUT2D eigenvalue weighted by Gasteiger charge is 2.21. The zero-order valence-corrected chi connectivity index (χ0v) is 10.3. The number of carbonyl (C=O) groups excluding carboxylic acids is 1. The fraction of sp³-hybridized carbons (Fsp3) is 0.500. The van der Waals surface area contributed by atoms with E-state index in [0.717, 1.165) is 31.0 Å². The monoisotopic (exact) mass is 234 g/mol. The number of anilines is 2. The van der Waals surface area contributed by atoms with Crippen molar-refractivity contribution in [2.24, 2.45) is 0 Å². The quantitative estimate of drug-likeness (QED) is 0.774. The normalized spacial score (nSPS) is 17.2. The van der Waals surface area contributed by atoms with Crippen LogP contribution >= 0.6 is 0 Å². The standard InChI is InChI=1S/C12H18N4O/c1-9-4-5-10(13)12(14-9)16-7-3-6-15(2)11(17)8-16/h4-5H,3,6-8,13H2,1-2H3. The van der Waals surface area contributed by atoms with Crippen LogP contribution in [0.1, 0.15) is 12.1 Å². The van der Waals surface area contributed by atoms with Gasteiger partial charge in [-0.1, -0.05) is 0 Å². The number of aryl methyl sites for hydroxylation is 1. The van der Waals surface area contributed by atoms with Crippen LogP contribution in [0, 0.1) is 6.92 Å². The van der Waals surface area contributed by atoms with Crippen LogP contribution in [-0.2, 0) is 4.79 Å². The molecule has 1 aliphatic heterocycles. The second-order valence-electron chi connectivity index (χ2n) is 4.46. The molecule has 0 unspecified atom stereocenters.